The highest BCUT2D eigenvalue weighted by Gasteiger charge is 2.54. The van der Waals surface area contributed by atoms with E-state index in [0.29, 0.717) is 11.0 Å². The van der Waals surface area contributed by atoms with E-state index in [-0.39, 0.29) is 17.4 Å². The highest BCUT2D eigenvalue weighted by Crippen LogP contribution is 2.55. The lowest BCUT2D eigenvalue weighted by atomic mass is 9.60. The Kier molecular flexibility index (Phi) is 5.51. The molecular formula is C30H29ClN8O. The zero-order chi connectivity index (χ0) is 27.8. The quantitative estimate of drug-likeness (QED) is 0.271. The molecule has 2 fully saturated rings. The predicted molar refractivity (Wildman–Crippen MR) is 157 cm³/mol. The van der Waals surface area contributed by atoms with Gasteiger partial charge in [0, 0.05) is 64.9 Å². The second-order valence-electron chi connectivity index (χ2n) is 11.1. The molecule has 4 heterocycles. The minimum absolute atomic E-state index is 0.00857. The third-order valence-corrected chi connectivity index (χ3v) is 9.05. The SMILES string of the molecule is C=CC(=O)N1CC2(CC(n3nc(-c4ccc5nc(NC)ncc5c4)c(-c4c(Cl)c(C)cc5[nH]ncc45)c3C)C2)C1. The average molecular weight is 553 g/mol. The van der Waals surface area contributed by atoms with Crippen LogP contribution in [0.3, 0.4) is 0 Å². The molecule has 202 valence electrons. The maximum Gasteiger partial charge on any atom is 0.245 e. The first-order chi connectivity index (χ1) is 19.3. The summed E-state index contributed by atoms with van der Waals surface area (Å²) in [4.78, 5) is 22.9. The van der Waals surface area contributed by atoms with Gasteiger partial charge in [0.15, 0.2) is 0 Å². The third-order valence-electron chi connectivity index (χ3n) is 8.56. The molecule has 0 bridgehead atoms. The number of carbonyl (C=O) groups excluding carboxylic acids is 1. The molecule has 5 aromatic rings. The Morgan fingerprint density at radius 1 is 1.20 bits per heavy atom. The van der Waals surface area contributed by atoms with Crippen molar-refractivity contribution in [3.63, 3.8) is 0 Å². The zero-order valence-electron chi connectivity index (χ0n) is 22.6. The Labute approximate surface area is 236 Å². The summed E-state index contributed by atoms with van der Waals surface area (Å²) in [6.07, 6.45) is 7.03. The molecule has 3 aromatic heterocycles. The number of hydrogen-bond donors (Lipinski definition) is 2. The number of rotatable bonds is 5. The van der Waals surface area contributed by atoms with Gasteiger partial charge in [-0.2, -0.15) is 10.2 Å². The van der Waals surface area contributed by atoms with E-state index < -0.39 is 0 Å². The number of hydrogen-bond acceptors (Lipinski definition) is 6. The third kappa shape index (κ3) is 3.64. The van der Waals surface area contributed by atoms with Crippen LogP contribution in [0.4, 0.5) is 5.95 Å². The van der Waals surface area contributed by atoms with Crippen LogP contribution in [-0.4, -0.2) is 60.9 Å². The molecule has 10 heteroatoms. The maximum absolute atomic E-state index is 12.0. The van der Waals surface area contributed by atoms with E-state index in [2.05, 4.69) is 55.8 Å². The Morgan fingerprint density at radius 2 is 2.00 bits per heavy atom. The number of likely N-dealkylation sites (tertiary alicyclic amines) is 1. The van der Waals surface area contributed by atoms with Crippen LogP contribution in [0, 0.1) is 19.3 Å². The fraction of sp³-hybridized carbons (Fsp3) is 0.300. The van der Waals surface area contributed by atoms with Crippen molar-refractivity contribution in [1.82, 2.24) is 34.8 Å². The van der Waals surface area contributed by atoms with Crippen molar-refractivity contribution >= 4 is 45.3 Å². The lowest BCUT2D eigenvalue weighted by molar-refractivity contribution is -0.149. The summed E-state index contributed by atoms with van der Waals surface area (Å²) in [5.74, 6) is 0.590. The van der Waals surface area contributed by atoms with E-state index in [4.69, 9.17) is 16.7 Å². The second-order valence-corrected chi connectivity index (χ2v) is 11.5. The standard InChI is InChI=1S/C30H29ClN8O/c1-5-24(40)38-14-30(15-38)10-20(11-30)39-17(3)25(26-21-13-34-36-23(21)8-16(2)27(26)31)28(37-39)18-6-7-22-19(9-18)12-33-29(32-4)35-22/h5-9,12-13,20H,1,10-11,14-15H2,2-4H3,(H,34,36)(H,32,33,35). The number of aromatic amines is 1. The summed E-state index contributed by atoms with van der Waals surface area (Å²) < 4.78 is 2.17. The molecule has 1 amide bonds. The van der Waals surface area contributed by atoms with Gasteiger partial charge in [0.1, 0.15) is 5.69 Å². The van der Waals surface area contributed by atoms with Gasteiger partial charge in [-0.3, -0.25) is 14.6 Å². The maximum atomic E-state index is 12.0. The van der Waals surface area contributed by atoms with Crippen LogP contribution in [-0.2, 0) is 4.79 Å². The highest BCUT2D eigenvalue weighted by atomic mass is 35.5. The van der Waals surface area contributed by atoms with Crippen molar-refractivity contribution in [2.24, 2.45) is 5.41 Å². The van der Waals surface area contributed by atoms with Crippen molar-refractivity contribution in [3.05, 3.63) is 65.6 Å². The summed E-state index contributed by atoms with van der Waals surface area (Å²) in [5.41, 5.74) is 7.78. The molecule has 7 rings (SSSR count). The van der Waals surface area contributed by atoms with Gasteiger partial charge in [0.25, 0.3) is 0 Å². The van der Waals surface area contributed by atoms with Gasteiger partial charge < -0.3 is 10.2 Å². The summed E-state index contributed by atoms with van der Waals surface area (Å²) in [6, 6.07) is 8.44. The van der Waals surface area contributed by atoms with E-state index >= 15 is 0 Å². The molecule has 2 N–H and O–H groups in total. The fourth-order valence-electron chi connectivity index (χ4n) is 6.54. The van der Waals surface area contributed by atoms with Crippen LogP contribution in [0.15, 0.2) is 49.3 Å². The van der Waals surface area contributed by atoms with Gasteiger partial charge in [-0.1, -0.05) is 24.2 Å². The van der Waals surface area contributed by atoms with Crippen molar-refractivity contribution in [3.8, 4) is 22.4 Å². The molecule has 2 aliphatic rings. The lowest BCUT2D eigenvalue weighted by Gasteiger charge is -2.58. The van der Waals surface area contributed by atoms with Gasteiger partial charge in [-0.05, 0) is 56.5 Å². The number of anilines is 1. The van der Waals surface area contributed by atoms with Gasteiger partial charge in [0.05, 0.1) is 28.3 Å². The van der Waals surface area contributed by atoms with Gasteiger partial charge in [-0.25, -0.2) is 9.97 Å². The highest BCUT2D eigenvalue weighted by molar-refractivity contribution is 6.36. The molecule has 1 aliphatic carbocycles. The summed E-state index contributed by atoms with van der Waals surface area (Å²) in [6.45, 7) is 9.33. The van der Waals surface area contributed by atoms with E-state index in [0.717, 1.165) is 81.4 Å². The number of H-pyrrole nitrogens is 1. The van der Waals surface area contributed by atoms with E-state index in [1.165, 1.54) is 6.08 Å². The summed E-state index contributed by atoms with van der Waals surface area (Å²) in [7, 11) is 1.81. The van der Waals surface area contributed by atoms with E-state index in [1.54, 1.807) is 0 Å². The zero-order valence-corrected chi connectivity index (χ0v) is 23.4. The number of fused-ring (bicyclic) bond motifs is 2. The molecule has 0 unspecified atom stereocenters. The number of nitrogens with one attached hydrogen (secondary N) is 2. The van der Waals surface area contributed by atoms with Crippen LogP contribution >= 0.6 is 11.6 Å². The summed E-state index contributed by atoms with van der Waals surface area (Å²) in [5, 5.41) is 18.3. The van der Waals surface area contributed by atoms with Crippen LogP contribution in [0.2, 0.25) is 5.02 Å². The van der Waals surface area contributed by atoms with Crippen LogP contribution in [0.1, 0.15) is 30.1 Å². The number of aryl methyl sites for hydroxylation is 1. The van der Waals surface area contributed by atoms with E-state index in [9.17, 15) is 4.79 Å². The molecular weight excluding hydrogens is 524 g/mol. The number of amides is 1. The van der Waals surface area contributed by atoms with Gasteiger partial charge >= 0.3 is 0 Å². The molecule has 40 heavy (non-hydrogen) atoms. The number of nitrogens with zero attached hydrogens (tertiary/aromatic N) is 6. The molecule has 2 aromatic carbocycles. The van der Waals surface area contributed by atoms with E-state index in [1.807, 2.05) is 43.4 Å². The minimum atomic E-state index is 0.00857. The normalized spacial score (nSPS) is 16.4. The van der Waals surface area contributed by atoms with Gasteiger partial charge in [0.2, 0.25) is 11.9 Å². The van der Waals surface area contributed by atoms with Crippen molar-refractivity contribution in [2.45, 2.75) is 32.7 Å². The van der Waals surface area contributed by atoms with Crippen LogP contribution < -0.4 is 5.32 Å². The first-order valence-corrected chi connectivity index (χ1v) is 13.8. The van der Waals surface area contributed by atoms with Crippen molar-refractivity contribution in [2.75, 3.05) is 25.5 Å². The molecule has 1 spiro atoms. The topological polar surface area (TPSA) is 105 Å². The molecule has 9 nitrogen and oxygen atoms in total. The largest absolute Gasteiger partial charge is 0.357 e. The Bertz CT molecular complexity index is 1840. The number of carbonyl (C=O) groups is 1. The molecule has 1 aliphatic heterocycles. The monoisotopic (exact) mass is 552 g/mol. The Balaban J connectivity index is 1.36. The van der Waals surface area contributed by atoms with Gasteiger partial charge in [-0.15, -0.1) is 0 Å². The smallest absolute Gasteiger partial charge is 0.245 e. The summed E-state index contributed by atoms with van der Waals surface area (Å²) >= 11 is 7.05. The minimum Gasteiger partial charge on any atom is -0.357 e. The predicted octanol–water partition coefficient (Wildman–Crippen LogP) is 5.70. The van der Waals surface area contributed by atoms with Crippen molar-refractivity contribution < 1.29 is 4.79 Å². The molecule has 1 saturated carbocycles. The average Bonchev–Trinajstić information content (AvgIpc) is 3.51. The van der Waals surface area contributed by atoms with Crippen LogP contribution in [0.5, 0.6) is 0 Å². The first-order valence-electron chi connectivity index (χ1n) is 13.4. The Morgan fingerprint density at radius 3 is 2.75 bits per heavy atom. The number of aromatic nitrogens is 6. The van der Waals surface area contributed by atoms with Crippen molar-refractivity contribution in [1.29, 1.82) is 0 Å². The number of halogens is 1. The lowest BCUT2D eigenvalue weighted by Crippen LogP contribution is -2.63. The fourth-order valence-corrected chi connectivity index (χ4v) is 6.79. The second kappa shape index (κ2) is 8.89. The number of benzene rings is 2. The first kappa shape index (κ1) is 24.8. The van der Waals surface area contributed by atoms with Crippen LogP contribution in [0.25, 0.3) is 44.2 Å². The molecule has 0 radical (unpaired) electrons. The Hall–Kier alpha value is -4.24. The molecule has 0 atom stereocenters. The molecule has 1 saturated heterocycles.